The van der Waals surface area contributed by atoms with Crippen LogP contribution in [0.25, 0.3) is 38.7 Å². The zero-order chi connectivity index (χ0) is 21.6. The summed E-state index contributed by atoms with van der Waals surface area (Å²) in [6, 6.07) is 25.4. The van der Waals surface area contributed by atoms with Crippen LogP contribution in [0.4, 0.5) is 0 Å². The van der Waals surface area contributed by atoms with Crippen molar-refractivity contribution in [1.82, 2.24) is 15.0 Å². The predicted molar refractivity (Wildman–Crippen MR) is 123 cm³/mol. The van der Waals surface area contributed by atoms with Crippen LogP contribution in [-0.4, -0.2) is 15.0 Å². The fourth-order valence-electron chi connectivity index (χ4n) is 3.19. The van der Waals surface area contributed by atoms with Gasteiger partial charge >= 0.3 is 0 Å². The van der Waals surface area contributed by atoms with Crippen LogP contribution in [0, 0.1) is 17.9 Å². The number of nitriles is 1. The van der Waals surface area contributed by atoms with Gasteiger partial charge in [0.1, 0.15) is 5.69 Å². The van der Waals surface area contributed by atoms with Gasteiger partial charge in [-0.3, -0.25) is 4.98 Å². The summed E-state index contributed by atoms with van der Waals surface area (Å²) in [6.07, 6.45) is 0.243. The van der Waals surface area contributed by atoms with Crippen LogP contribution in [0.2, 0.25) is 0 Å². The topological polar surface area (TPSA) is 66.8 Å². The van der Waals surface area contributed by atoms with Crippen molar-refractivity contribution in [3.63, 3.8) is 0 Å². The fraction of sp³-hybridized carbons (Fsp3) is 0.0800. The Hall–Kier alpha value is -3.87. The quantitative estimate of drug-likeness (QED) is 0.333. The second-order valence-electron chi connectivity index (χ2n) is 6.81. The first kappa shape index (κ1) is 20.4. The maximum Gasteiger partial charge on any atom is 0.256 e. The third-order valence-corrected chi connectivity index (χ3v) is 5.17. The molecule has 1 aromatic carbocycles. The van der Waals surface area contributed by atoms with E-state index in [0.29, 0.717) is 34.2 Å². The molecule has 0 N–H and O–H groups in total. The molecule has 3 aromatic heterocycles. The molecule has 0 saturated carbocycles. The summed E-state index contributed by atoms with van der Waals surface area (Å²) in [5, 5.41) is 9.02. The molecule has 0 fully saturated rings. The Morgan fingerprint density at radius 2 is 1.39 bits per heavy atom. The molecule has 0 atom stereocenters. The average molecular weight is 466 g/mol. The number of halogens is 1. The highest BCUT2D eigenvalue weighted by Crippen LogP contribution is 2.30. The van der Waals surface area contributed by atoms with Crippen molar-refractivity contribution in [2.75, 3.05) is 0 Å². The van der Waals surface area contributed by atoms with E-state index < -0.39 is 0 Å². The first-order chi connectivity index (χ1) is 15.2. The molecular weight excluding hydrogens is 450 g/mol. The highest BCUT2D eigenvalue weighted by molar-refractivity contribution is 9.10. The summed E-state index contributed by atoms with van der Waals surface area (Å²) in [6.45, 7) is 7.34. The summed E-state index contributed by atoms with van der Waals surface area (Å²) in [7, 11) is 0. The molecule has 0 aliphatic heterocycles. The Morgan fingerprint density at radius 1 is 0.774 bits per heavy atom. The summed E-state index contributed by atoms with van der Waals surface area (Å²) in [4.78, 5) is 17.5. The van der Waals surface area contributed by atoms with Crippen molar-refractivity contribution in [3.8, 4) is 40.0 Å². The van der Waals surface area contributed by atoms with E-state index in [1.807, 2.05) is 72.8 Å². The minimum Gasteiger partial charge on any atom is -0.310 e. The van der Waals surface area contributed by atoms with Gasteiger partial charge in [-0.15, -0.1) is 0 Å². The number of pyridine rings is 3. The minimum absolute atomic E-state index is 0.227. The molecule has 0 bridgehead atoms. The third kappa shape index (κ3) is 4.83. The van der Waals surface area contributed by atoms with Crippen molar-refractivity contribution in [1.29, 1.82) is 5.26 Å². The molecule has 0 aliphatic carbocycles. The smallest absolute Gasteiger partial charge is 0.256 e. The van der Waals surface area contributed by atoms with Gasteiger partial charge in [0.2, 0.25) is 0 Å². The van der Waals surface area contributed by atoms with Crippen LogP contribution in [0.15, 0.2) is 77.3 Å². The zero-order valence-corrected chi connectivity index (χ0v) is 18.0. The maximum atomic E-state index is 9.02. The molecule has 0 aliphatic rings. The van der Waals surface area contributed by atoms with E-state index in [9.17, 15) is 0 Å². The summed E-state index contributed by atoms with van der Waals surface area (Å²) in [5.74, 6) is 0. The van der Waals surface area contributed by atoms with E-state index in [1.165, 1.54) is 0 Å². The molecule has 4 aromatic rings. The maximum absolute atomic E-state index is 9.02. The number of hydrogen-bond acceptors (Lipinski definition) is 4. The van der Waals surface area contributed by atoms with Gasteiger partial charge in [0, 0.05) is 4.47 Å². The second kappa shape index (κ2) is 9.30. The SMILES string of the molecule is [C-]#[N+]Cc1cccc(-c2cc(-c3ccc(Br)cc3)cc(-c3cccc(CC#N)n3)n2)n1. The van der Waals surface area contributed by atoms with Crippen molar-refractivity contribution in [2.24, 2.45) is 0 Å². The average Bonchev–Trinajstić information content (AvgIpc) is 2.80. The first-order valence-electron chi connectivity index (χ1n) is 9.57. The first-order valence-corrected chi connectivity index (χ1v) is 10.4. The monoisotopic (exact) mass is 465 g/mol. The van der Waals surface area contributed by atoms with Crippen LogP contribution in [0.1, 0.15) is 11.4 Å². The van der Waals surface area contributed by atoms with Crippen LogP contribution in [-0.2, 0) is 13.0 Å². The molecule has 3 heterocycles. The Kier molecular flexibility index (Phi) is 6.12. The van der Waals surface area contributed by atoms with Gasteiger partial charge in [0.05, 0.1) is 41.0 Å². The van der Waals surface area contributed by atoms with E-state index in [-0.39, 0.29) is 13.0 Å². The lowest BCUT2D eigenvalue weighted by Gasteiger charge is -2.10. The molecule has 6 heteroatoms. The largest absolute Gasteiger partial charge is 0.310 e. The second-order valence-corrected chi connectivity index (χ2v) is 7.73. The number of rotatable bonds is 5. The Labute approximate surface area is 189 Å². The van der Waals surface area contributed by atoms with Crippen molar-refractivity contribution in [2.45, 2.75) is 13.0 Å². The molecule has 0 unspecified atom stereocenters. The summed E-state index contributed by atoms with van der Waals surface area (Å²) >= 11 is 3.48. The fourth-order valence-corrected chi connectivity index (χ4v) is 3.46. The minimum atomic E-state index is 0.227. The molecule has 5 nitrogen and oxygen atoms in total. The highest BCUT2D eigenvalue weighted by Gasteiger charge is 2.12. The molecule has 0 radical (unpaired) electrons. The van der Waals surface area contributed by atoms with Crippen LogP contribution < -0.4 is 0 Å². The van der Waals surface area contributed by atoms with Crippen molar-refractivity contribution in [3.05, 3.63) is 100 Å². The zero-order valence-electron chi connectivity index (χ0n) is 16.5. The van der Waals surface area contributed by atoms with E-state index >= 15 is 0 Å². The van der Waals surface area contributed by atoms with Gasteiger partial charge in [0.15, 0.2) is 0 Å². The molecule has 0 amide bonds. The Morgan fingerprint density at radius 3 is 2.00 bits per heavy atom. The number of benzene rings is 1. The lowest BCUT2D eigenvalue weighted by Crippen LogP contribution is -1.97. The van der Waals surface area contributed by atoms with Gasteiger partial charge in [-0.1, -0.05) is 40.2 Å². The van der Waals surface area contributed by atoms with Gasteiger partial charge in [-0.25, -0.2) is 16.5 Å². The van der Waals surface area contributed by atoms with Gasteiger partial charge in [0.25, 0.3) is 6.54 Å². The molecule has 0 saturated heterocycles. The predicted octanol–water partition coefficient (Wildman–Crippen LogP) is 6.12. The molecule has 4 rings (SSSR count). The van der Waals surface area contributed by atoms with Crippen LogP contribution >= 0.6 is 15.9 Å². The normalized spacial score (nSPS) is 10.3. The lowest BCUT2D eigenvalue weighted by molar-refractivity contribution is 1.09. The van der Waals surface area contributed by atoms with Crippen LogP contribution in [0.5, 0.6) is 0 Å². The van der Waals surface area contributed by atoms with Crippen molar-refractivity contribution >= 4 is 15.9 Å². The molecule has 31 heavy (non-hydrogen) atoms. The number of nitrogens with zero attached hydrogens (tertiary/aromatic N) is 5. The van der Waals surface area contributed by atoms with Gasteiger partial charge in [-0.2, -0.15) is 5.26 Å². The molecular formula is C25H16BrN5. The van der Waals surface area contributed by atoms with E-state index in [4.69, 9.17) is 16.8 Å². The Bertz CT molecular complexity index is 1240. The van der Waals surface area contributed by atoms with E-state index in [0.717, 1.165) is 15.6 Å². The number of hydrogen-bond donors (Lipinski definition) is 0. The lowest BCUT2D eigenvalue weighted by atomic mass is 10.0. The summed E-state index contributed by atoms with van der Waals surface area (Å²) in [5.41, 5.74) is 6.24. The number of aromatic nitrogens is 3. The van der Waals surface area contributed by atoms with Crippen molar-refractivity contribution < 1.29 is 0 Å². The summed E-state index contributed by atoms with van der Waals surface area (Å²) < 4.78 is 1.00. The Balaban J connectivity index is 1.88. The standard InChI is InChI=1S/C25H16BrN5/c1-28-16-21-5-3-7-23(30-21)25-15-18(17-8-10-19(26)11-9-17)14-24(31-25)22-6-2-4-20(29-22)12-13-27/h2-11,14-15H,12,16H2. The molecule has 0 spiro atoms. The van der Waals surface area contributed by atoms with Gasteiger partial charge < -0.3 is 4.85 Å². The highest BCUT2D eigenvalue weighted by atomic mass is 79.9. The van der Waals surface area contributed by atoms with E-state index in [1.54, 1.807) is 0 Å². The van der Waals surface area contributed by atoms with Crippen LogP contribution in [0.3, 0.4) is 0 Å². The third-order valence-electron chi connectivity index (χ3n) is 4.64. The van der Waals surface area contributed by atoms with Gasteiger partial charge in [-0.05, 0) is 59.7 Å². The van der Waals surface area contributed by atoms with E-state index in [2.05, 4.69) is 36.8 Å². The molecule has 148 valence electrons.